The van der Waals surface area contributed by atoms with Crippen LogP contribution < -0.4 is 5.32 Å². The Balaban J connectivity index is 1.56. The standard InChI is InChI=1S/C19H16ClFN2O3S2/c20-17-16-14(21)4-3-5-15(16)27-18(17)19(24)22-12-6-8-13(9-7-12)28(25,26)23-10-1-2-11-23/h3-9H,1-2,10-11H2,(H,22,24). The van der Waals surface area contributed by atoms with Crippen molar-refractivity contribution < 1.29 is 17.6 Å². The molecule has 3 aromatic rings. The molecule has 0 atom stereocenters. The van der Waals surface area contributed by atoms with Crippen LogP contribution in [0, 0.1) is 5.82 Å². The van der Waals surface area contributed by atoms with E-state index in [1.807, 2.05) is 0 Å². The smallest absolute Gasteiger partial charge is 0.267 e. The molecule has 4 rings (SSSR count). The first-order chi connectivity index (χ1) is 13.4. The first kappa shape index (κ1) is 19.3. The maximum absolute atomic E-state index is 14.0. The third-order valence-corrected chi connectivity index (χ3v) is 8.18. The third-order valence-electron chi connectivity index (χ3n) is 4.63. The van der Waals surface area contributed by atoms with Crippen LogP contribution >= 0.6 is 22.9 Å². The summed E-state index contributed by atoms with van der Waals surface area (Å²) >= 11 is 7.31. The largest absolute Gasteiger partial charge is 0.321 e. The molecule has 2 heterocycles. The molecular weight excluding hydrogens is 423 g/mol. The number of nitrogens with zero attached hydrogens (tertiary/aromatic N) is 1. The summed E-state index contributed by atoms with van der Waals surface area (Å²) in [5, 5.41) is 2.98. The minimum atomic E-state index is -3.51. The van der Waals surface area contributed by atoms with Gasteiger partial charge in [-0.1, -0.05) is 17.7 Å². The highest BCUT2D eigenvalue weighted by atomic mass is 35.5. The van der Waals surface area contributed by atoms with Gasteiger partial charge in [0.1, 0.15) is 10.7 Å². The Morgan fingerprint density at radius 2 is 1.79 bits per heavy atom. The molecule has 1 fully saturated rings. The van der Waals surface area contributed by atoms with Crippen LogP contribution in [0.15, 0.2) is 47.4 Å². The number of carbonyl (C=O) groups excluding carboxylic acids is 1. The van der Waals surface area contributed by atoms with E-state index in [0.717, 1.165) is 24.2 Å². The van der Waals surface area contributed by atoms with Crippen molar-refractivity contribution in [3.8, 4) is 0 Å². The summed E-state index contributed by atoms with van der Waals surface area (Å²) in [6.45, 7) is 1.06. The summed E-state index contributed by atoms with van der Waals surface area (Å²) in [5.41, 5.74) is 0.430. The molecule has 9 heteroatoms. The summed E-state index contributed by atoms with van der Waals surface area (Å²) < 4.78 is 41.1. The van der Waals surface area contributed by atoms with E-state index in [0.29, 0.717) is 23.5 Å². The zero-order valence-electron chi connectivity index (χ0n) is 14.6. The Kier molecular flexibility index (Phi) is 5.13. The van der Waals surface area contributed by atoms with Crippen molar-refractivity contribution in [2.75, 3.05) is 18.4 Å². The van der Waals surface area contributed by atoms with Gasteiger partial charge in [-0.3, -0.25) is 4.79 Å². The number of sulfonamides is 1. The lowest BCUT2D eigenvalue weighted by atomic mass is 10.2. The van der Waals surface area contributed by atoms with Crippen molar-refractivity contribution in [1.29, 1.82) is 0 Å². The highest BCUT2D eigenvalue weighted by Crippen LogP contribution is 2.37. The molecule has 1 amide bonds. The number of thiophene rings is 1. The fourth-order valence-corrected chi connectivity index (χ4v) is 6.16. The topological polar surface area (TPSA) is 66.5 Å². The van der Waals surface area contributed by atoms with Crippen molar-refractivity contribution in [3.63, 3.8) is 0 Å². The van der Waals surface area contributed by atoms with Crippen LogP contribution in [0.4, 0.5) is 10.1 Å². The van der Waals surface area contributed by atoms with Crippen LogP contribution in [0.5, 0.6) is 0 Å². The summed E-state index contributed by atoms with van der Waals surface area (Å²) in [6.07, 6.45) is 1.73. The van der Waals surface area contributed by atoms with Gasteiger partial charge < -0.3 is 5.32 Å². The summed E-state index contributed by atoms with van der Waals surface area (Å²) in [7, 11) is -3.51. The van der Waals surface area contributed by atoms with E-state index < -0.39 is 21.7 Å². The van der Waals surface area contributed by atoms with Gasteiger partial charge in [0.2, 0.25) is 10.0 Å². The zero-order valence-corrected chi connectivity index (χ0v) is 17.0. The van der Waals surface area contributed by atoms with E-state index >= 15 is 0 Å². The van der Waals surface area contributed by atoms with Gasteiger partial charge in [-0.2, -0.15) is 4.31 Å². The summed E-state index contributed by atoms with van der Waals surface area (Å²) in [5.74, 6) is -0.949. The van der Waals surface area contributed by atoms with Gasteiger partial charge in [0.15, 0.2) is 0 Å². The lowest BCUT2D eigenvalue weighted by Crippen LogP contribution is -2.27. The molecule has 0 bridgehead atoms. The second kappa shape index (κ2) is 7.44. The Morgan fingerprint density at radius 3 is 2.43 bits per heavy atom. The lowest BCUT2D eigenvalue weighted by molar-refractivity contribution is 0.103. The molecule has 1 aromatic heterocycles. The molecule has 1 aliphatic heterocycles. The molecule has 28 heavy (non-hydrogen) atoms. The maximum atomic E-state index is 14.0. The first-order valence-electron chi connectivity index (χ1n) is 8.66. The second-order valence-electron chi connectivity index (χ2n) is 6.45. The van der Waals surface area contributed by atoms with Gasteiger partial charge >= 0.3 is 0 Å². The fourth-order valence-electron chi connectivity index (χ4n) is 3.19. The molecular formula is C19H16ClFN2O3S2. The van der Waals surface area contributed by atoms with E-state index in [1.54, 1.807) is 12.1 Å². The molecule has 0 unspecified atom stereocenters. The van der Waals surface area contributed by atoms with Gasteiger partial charge in [-0.25, -0.2) is 12.8 Å². The van der Waals surface area contributed by atoms with E-state index in [-0.39, 0.29) is 20.2 Å². The van der Waals surface area contributed by atoms with E-state index in [9.17, 15) is 17.6 Å². The average molecular weight is 439 g/mol. The normalized spacial score (nSPS) is 15.2. The van der Waals surface area contributed by atoms with E-state index in [1.165, 1.54) is 34.6 Å². The van der Waals surface area contributed by atoms with Crippen LogP contribution in [0.3, 0.4) is 0 Å². The van der Waals surface area contributed by atoms with Crippen molar-refractivity contribution in [2.24, 2.45) is 0 Å². The summed E-state index contributed by atoms with van der Waals surface area (Å²) in [4.78, 5) is 13.0. The number of fused-ring (bicyclic) bond motifs is 1. The molecule has 2 aromatic carbocycles. The molecule has 1 aliphatic rings. The molecule has 5 nitrogen and oxygen atoms in total. The number of amides is 1. The Hall–Kier alpha value is -2.00. The monoisotopic (exact) mass is 438 g/mol. The van der Waals surface area contributed by atoms with Crippen molar-refractivity contribution in [3.05, 3.63) is 58.2 Å². The van der Waals surface area contributed by atoms with Crippen LogP contribution in [-0.4, -0.2) is 31.7 Å². The minimum Gasteiger partial charge on any atom is -0.321 e. The predicted octanol–water partition coefficient (Wildman–Crippen LogP) is 4.73. The quantitative estimate of drug-likeness (QED) is 0.640. The predicted molar refractivity (Wildman–Crippen MR) is 109 cm³/mol. The average Bonchev–Trinajstić information content (AvgIpc) is 3.32. The number of anilines is 1. The van der Waals surface area contributed by atoms with Crippen molar-refractivity contribution >= 4 is 54.6 Å². The SMILES string of the molecule is O=C(Nc1ccc(S(=O)(=O)N2CCCC2)cc1)c1sc2cccc(F)c2c1Cl. The number of nitrogens with one attached hydrogen (secondary N) is 1. The maximum Gasteiger partial charge on any atom is 0.267 e. The Labute approximate surface area is 170 Å². The van der Waals surface area contributed by atoms with E-state index in [4.69, 9.17) is 11.6 Å². The number of hydrogen-bond acceptors (Lipinski definition) is 4. The highest BCUT2D eigenvalue weighted by Gasteiger charge is 2.27. The molecule has 146 valence electrons. The first-order valence-corrected chi connectivity index (χ1v) is 11.3. The molecule has 0 radical (unpaired) electrons. The number of halogens is 2. The van der Waals surface area contributed by atoms with Gasteiger partial charge in [0.05, 0.1) is 9.92 Å². The van der Waals surface area contributed by atoms with E-state index in [2.05, 4.69) is 5.32 Å². The Bertz CT molecular complexity index is 1150. The minimum absolute atomic E-state index is 0.0730. The molecule has 0 aliphatic carbocycles. The van der Waals surface area contributed by atoms with Crippen molar-refractivity contribution in [1.82, 2.24) is 4.31 Å². The van der Waals surface area contributed by atoms with Crippen LogP contribution in [0.2, 0.25) is 5.02 Å². The second-order valence-corrected chi connectivity index (χ2v) is 9.82. The third kappa shape index (κ3) is 3.41. The van der Waals surface area contributed by atoms with Crippen molar-refractivity contribution in [2.45, 2.75) is 17.7 Å². The summed E-state index contributed by atoms with van der Waals surface area (Å²) in [6, 6.07) is 10.5. The Morgan fingerprint density at radius 1 is 1.11 bits per heavy atom. The highest BCUT2D eigenvalue weighted by molar-refractivity contribution is 7.89. The van der Waals surface area contributed by atoms with Crippen LogP contribution in [-0.2, 0) is 10.0 Å². The number of hydrogen-bond donors (Lipinski definition) is 1. The lowest BCUT2D eigenvalue weighted by Gasteiger charge is -2.15. The zero-order chi connectivity index (χ0) is 19.9. The van der Waals surface area contributed by atoms with Gasteiger partial charge in [-0.05, 0) is 49.2 Å². The van der Waals surface area contributed by atoms with Crippen LogP contribution in [0.25, 0.3) is 10.1 Å². The number of rotatable bonds is 4. The molecule has 0 spiro atoms. The van der Waals surface area contributed by atoms with Gasteiger partial charge in [0.25, 0.3) is 5.91 Å². The number of benzene rings is 2. The van der Waals surface area contributed by atoms with Gasteiger partial charge in [0, 0.05) is 28.9 Å². The molecule has 1 saturated heterocycles. The van der Waals surface area contributed by atoms with Gasteiger partial charge in [-0.15, -0.1) is 11.3 Å². The molecule has 1 N–H and O–H groups in total. The fraction of sp³-hybridized carbons (Fsp3) is 0.211. The molecule has 0 saturated carbocycles. The number of carbonyl (C=O) groups is 1. The van der Waals surface area contributed by atoms with Crippen LogP contribution in [0.1, 0.15) is 22.5 Å².